The molecule has 2 heterocycles. The summed E-state index contributed by atoms with van der Waals surface area (Å²) in [6.45, 7) is 7.25. The number of benzene rings is 2. The maximum absolute atomic E-state index is 9.09. The molecule has 0 saturated carbocycles. The van der Waals surface area contributed by atoms with Crippen LogP contribution in [0.4, 0.5) is 0 Å². The number of aromatic amines is 1. The summed E-state index contributed by atoms with van der Waals surface area (Å²) in [5.41, 5.74) is 8.85. The average molecular weight is 315 g/mol. The molecule has 3 nitrogen and oxygen atoms in total. The molecule has 1 aliphatic rings. The Bertz CT molecular complexity index is 959. The van der Waals surface area contributed by atoms with Crippen LogP contribution < -0.4 is 0 Å². The Labute approximate surface area is 142 Å². The quantitative estimate of drug-likeness (QED) is 0.777. The number of hydrogen-bond acceptors (Lipinski definition) is 2. The van der Waals surface area contributed by atoms with Crippen LogP contribution in [0.25, 0.3) is 10.9 Å². The van der Waals surface area contributed by atoms with E-state index in [1.807, 2.05) is 18.3 Å². The summed E-state index contributed by atoms with van der Waals surface area (Å²) in [5, 5.41) is 10.4. The lowest BCUT2D eigenvalue weighted by Crippen LogP contribution is -2.17. The molecule has 24 heavy (non-hydrogen) atoms. The molecular weight excluding hydrogens is 294 g/mol. The molecule has 3 heteroatoms. The van der Waals surface area contributed by atoms with Gasteiger partial charge in [-0.1, -0.05) is 19.1 Å². The van der Waals surface area contributed by atoms with Crippen molar-refractivity contribution < 1.29 is 0 Å². The number of rotatable bonds is 3. The highest BCUT2D eigenvalue weighted by molar-refractivity contribution is 5.87. The van der Waals surface area contributed by atoms with Crippen LogP contribution in [0.15, 0.2) is 36.5 Å². The molecule has 0 fully saturated rings. The number of aryl methyl sites for hydroxylation is 2. The third-order valence-electron chi connectivity index (χ3n) is 5.13. The van der Waals surface area contributed by atoms with Gasteiger partial charge in [0.1, 0.15) is 0 Å². The van der Waals surface area contributed by atoms with E-state index in [1.54, 1.807) is 0 Å². The third-order valence-corrected chi connectivity index (χ3v) is 5.13. The maximum atomic E-state index is 9.09. The average Bonchev–Trinajstić information content (AvgIpc) is 3.22. The summed E-state index contributed by atoms with van der Waals surface area (Å²) in [7, 11) is 0. The zero-order valence-electron chi connectivity index (χ0n) is 14.2. The van der Waals surface area contributed by atoms with Gasteiger partial charge in [-0.15, -0.1) is 0 Å². The Morgan fingerprint density at radius 2 is 2.00 bits per heavy atom. The van der Waals surface area contributed by atoms with Gasteiger partial charge in [-0.3, -0.25) is 4.90 Å². The van der Waals surface area contributed by atoms with Crippen LogP contribution in [0.2, 0.25) is 0 Å². The second-order valence-electron chi connectivity index (χ2n) is 6.69. The van der Waals surface area contributed by atoms with Gasteiger partial charge in [0.25, 0.3) is 0 Å². The molecule has 0 amide bonds. The summed E-state index contributed by atoms with van der Waals surface area (Å²) in [4.78, 5) is 5.86. The highest BCUT2D eigenvalue weighted by Crippen LogP contribution is 2.30. The largest absolute Gasteiger partial charge is 0.361 e. The van der Waals surface area contributed by atoms with Crippen molar-refractivity contribution in [2.24, 2.45) is 0 Å². The van der Waals surface area contributed by atoms with Crippen molar-refractivity contribution in [3.8, 4) is 6.07 Å². The molecule has 0 aliphatic carbocycles. The molecule has 1 N–H and O–H groups in total. The van der Waals surface area contributed by atoms with Gasteiger partial charge in [-0.25, -0.2) is 0 Å². The van der Waals surface area contributed by atoms with E-state index < -0.39 is 0 Å². The van der Waals surface area contributed by atoms with E-state index in [9.17, 15) is 0 Å². The Morgan fingerprint density at radius 3 is 2.79 bits per heavy atom. The molecule has 0 unspecified atom stereocenters. The van der Waals surface area contributed by atoms with Gasteiger partial charge in [0.05, 0.1) is 11.6 Å². The van der Waals surface area contributed by atoms with Crippen molar-refractivity contribution >= 4 is 10.9 Å². The minimum absolute atomic E-state index is 0.758. The molecule has 4 rings (SSSR count). The van der Waals surface area contributed by atoms with Crippen LogP contribution >= 0.6 is 0 Å². The predicted octanol–water partition coefficient (Wildman–Crippen LogP) is 4.43. The summed E-state index contributed by atoms with van der Waals surface area (Å²) >= 11 is 0. The number of hydrogen-bond donors (Lipinski definition) is 1. The fourth-order valence-electron chi connectivity index (χ4n) is 3.91. The molecular formula is C21H21N3. The Kier molecular flexibility index (Phi) is 3.63. The van der Waals surface area contributed by atoms with Crippen LogP contribution in [0.1, 0.15) is 40.3 Å². The molecule has 1 aliphatic heterocycles. The zero-order valence-corrected chi connectivity index (χ0v) is 14.2. The Morgan fingerprint density at radius 1 is 1.17 bits per heavy atom. The van der Waals surface area contributed by atoms with Gasteiger partial charge in [0, 0.05) is 36.7 Å². The Balaban J connectivity index is 1.67. The number of aromatic nitrogens is 1. The van der Waals surface area contributed by atoms with E-state index in [4.69, 9.17) is 5.26 Å². The molecule has 2 aromatic carbocycles. The monoisotopic (exact) mass is 315 g/mol. The minimum atomic E-state index is 0.758. The number of fused-ring (bicyclic) bond motifs is 2. The number of nitrogens with zero attached hydrogens (tertiary/aromatic N) is 2. The standard InChI is InChI=1S/C21H21N3/c1-3-16-8-14(2)21-19(6-7-23-21)20(16)13-24-11-17-5-4-15(10-22)9-18(17)12-24/h4-9,23H,3,11-13H2,1-2H3. The third kappa shape index (κ3) is 2.40. The first-order valence-electron chi connectivity index (χ1n) is 8.52. The number of H-pyrrole nitrogens is 1. The molecule has 0 saturated heterocycles. The van der Waals surface area contributed by atoms with Crippen molar-refractivity contribution in [1.82, 2.24) is 9.88 Å². The van der Waals surface area contributed by atoms with Crippen molar-refractivity contribution in [2.75, 3.05) is 0 Å². The van der Waals surface area contributed by atoms with Crippen molar-refractivity contribution in [3.63, 3.8) is 0 Å². The second-order valence-corrected chi connectivity index (χ2v) is 6.69. The van der Waals surface area contributed by atoms with Gasteiger partial charge in [-0.2, -0.15) is 5.26 Å². The van der Waals surface area contributed by atoms with Crippen LogP contribution in [-0.2, 0) is 26.1 Å². The highest BCUT2D eigenvalue weighted by atomic mass is 15.1. The molecule has 0 spiro atoms. The van der Waals surface area contributed by atoms with E-state index >= 15 is 0 Å². The first-order valence-corrected chi connectivity index (χ1v) is 8.52. The lowest BCUT2D eigenvalue weighted by molar-refractivity contribution is 0.276. The molecule has 120 valence electrons. The topological polar surface area (TPSA) is 42.8 Å². The zero-order chi connectivity index (χ0) is 16.7. The minimum Gasteiger partial charge on any atom is -0.361 e. The maximum Gasteiger partial charge on any atom is 0.0991 e. The second kappa shape index (κ2) is 5.81. The predicted molar refractivity (Wildman–Crippen MR) is 96.5 cm³/mol. The van der Waals surface area contributed by atoms with E-state index in [1.165, 1.54) is 38.7 Å². The van der Waals surface area contributed by atoms with E-state index in [2.05, 4.69) is 48.0 Å². The first-order chi connectivity index (χ1) is 11.7. The van der Waals surface area contributed by atoms with Gasteiger partial charge in [0.15, 0.2) is 0 Å². The lowest BCUT2D eigenvalue weighted by Gasteiger charge is -2.19. The van der Waals surface area contributed by atoms with E-state index in [0.717, 1.165) is 31.6 Å². The van der Waals surface area contributed by atoms with Crippen molar-refractivity contribution in [2.45, 2.75) is 39.9 Å². The fraction of sp³-hybridized carbons (Fsp3) is 0.286. The summed E-state index contributed by atoms with van der Waals surface area (Å²) in [5.74, 6) is 0. The van der Waals surface area contributed by atoms with Crippen molar-refractivity contribution in [1.29, 1.82) is 5.26 Å². The van der Waals surface area contributed by atoms with Crippen LogP contribution in [0.5, 0.6) is 0 Å². The molecule has 3 aromatic rings. The van der Waals surface area contributed by atoms with E-state index in [0.29, 0.717) is 0 Å². The van der Waals surface area contributed by atoms with Gasteiger partial charge < -0.3 is 4.98 Å². The fourth-order valence-corrected chi connectivity index (χ4v) is 3.91. The number of nitriles is 1. The van der Waals surface area contributed by atoms with E-state index in [-0.39, 0.29) is 0 Å². The van der Waals surface area contributed by atoms with Crippen molar-refractivity contribution in [3.05, 3.63) is 69.9 Å². The first kappa shape index (κ1) is 15.0. The molecule has 1 aromatic heterocycles. The lowest BCUT2D eigenvalue weighted by atomic mass is 9.97. The molecule has 0 radical (unpaired) electrons. The summed E-state index contributed by atoms with van der Waals surface area (Å²) in [6, 6.07) is 12.8. The molecule has 0 atom stereocenters. The molecule has 0 bridgehead atoms. The van der Waals surface area contributed by atoms with Crippen LogP contribution in [0, 0.1) is 18.3 Å². The Hall–Kier alpha value is -2.57. The summed E-state index contributed by atoms with van der Waals surface area (Å²) in [6.07, 6.45) is 3.09. The normalized spacial score (nSPS) is 14.0. The highest BCUT2D eigenvalue weighted by Gasteiger charge is 2.21. The van der Waals surface area contributed by atoms with Crippen LogP contribution in [-0.4, -0.2) is 9.88 Å². The van der Waals surface area contributed by atoms with Gasteiger partial charge >= 0.3 is 0 Å². The van der Waals surface area contributed by atoms with Crippen LogP contribution in [0.3, 0.4) is 0 Å². The smallest absolute Gasteiger partial charge is 0.0991 e. The number of nitrogens with one attached hydrogen (secondary N) is 1. The van der Waals surface area contributed by atoms with Gasteiger partial charge in [0.2, 0.25) is 0 Å². The SMILES string of the molecule is CCc1cc(C)c2[nH]ccc2c1CN1Cc2ccc(C#N)cc2C1. The van der Waals surface area contributed by atoms with Gasteiger partial charge in [-0.05, 0) is 59.4 Å². The summed E-state index contributed by atoms with van der Waals surface area (Å²) < 4.78 is 0.